The van der Waals surface area contributed by atoms with E-state index in [9.17, 15) is 0 Å². The minimum Gasteiger partial charge on any atom is -0.311 e. The number of rotatable bonds is 9. The molecule has 0 N–H and O–H groups in total. The summed E-state index contributed by atoms with van der Waals surface area (Å²) in [4.78, 5) is 2.21. The quantitative estimate of drug-likeness (QED) is 0.153. The first-order valence-electron chi connectivity index (χ1n) is 21.5. The van der Waals surface area contributed by atoms with Gasteiger partial charge >= 0.3 is 0 Å². The second kappa shape index (κ2) is 22.1. The van der Waals surface area contributed by atoms with Gasteiger partial charge in [-0.3, -0.25) is 0 Å². The van der Waals surface area contributed by atoms with Gasteiger partial charge in [0.2, 0.25) is 0 Å². The van der Waals surface area contributed by atoms with Crippen LogP contribution in [0, 0.1) is 0 Å². The highest BCUT2D eigenvalue weighted by atomic mass is 15.1. The molecule has 3 aliphatic carbocycles. The average molecular weight is 774 g/mol. The molecule has 0 fully saturated rings. The van der Waals surface area contributed by atoms with Crippen molar-refractivity contribution in [2.24, 2.45) is 0 Å². The van der Waals surface area contributed by atoms with Gasteiger partial charge < -0.3 is 4.90 Å². The third-order valence-corrected chi connectivity index (χ3v) is 11.0. The van der Waals surface area contributed by atoms with E-state index in [1.54, 1.807) is 5.57 Å². The summed E-state index contributed by atoms with van der Waals surface area (Å²) >= 11 is 0. The Hall–Kier alpha value is -6.18. The molecular weight excluding hydrogens is 711 g/mol. The van der Waals surface area contributed by atoms with E-state index in [-0.39, 0.29) is 0 Å². The zero-order chi connectivity index (χ0) is 42.1. The molecule has 1 unspecified atom stereocenters. The predicted molar refractivity (Wildman–Crippen MR) is 263 cm³/mol. The molecule has 4 aromatic carbocycles. The van der Waals surface area contributed by atoms with Crippen molar-refractivity contribution in [3.8, 4) is 11.1 Å². The Morgan fingerprint density at radius 2 is 1.49 bits per heavy atom. The van der Waals surface area contributed by atoms with Crippen molar-refractivity contribution in [1.82, 2.24) is 0 Å². The van der Waals surface area contributed by atoms with Crippen molar-refractivity contribution < 1.29 is 0 Å². The third-order valence-electron chi connectivity index (χ3n) is 11.0. The summed E-state index contributed by atoms with van der Waals surface area (Å²) in [5, 5.41) is 0. The number of allylic oxidation sites excluding steroid dienone is 18. The minimum absolute atomic E-state index is 0.422. The van der Waals surface area contributed by atoms with Crippen LogP contribution in [0.4, 0.5) is 11.4 Å². The Balaban J connectivity index is 0.000000229. The van der Waals surface area contributed by atoms with Gasteiger partial charge in [-0.1, -0.05) is 192 Å². The van der Waals surface area contributed by atoms with Crippen LogP contribution in [0.2, 0.25) is 0 Å². The number of hydrogen-bond donors (Lipinski definition) is 0. The fourth-order valence-electron chi connectivity index (χ4n) is 7.74. The summed E-state index contributed by atoms with van der Waals surface area (Å²) in [5.41, 5.74) is 19.3. The summed E-state index contributed by atoms with van der Waals surface area (Å²) in [6, 6.07) is 32.5. The largest absolute Gasteiger partial charge is 0.311 e. The van der Waals surface area contributed by atoms with Crippen LogP contribution in [0.1, 0.15) is 101 Å². The first kappa shape index (κ1) is 43.9. The van der Waals surface area contributed by atoms with Gasteiger partial charge in [0.1, 0.15) is 0 Å². The molecular formula is C58H63N. The monoisotopic (exact) mass is 773 g/mol. The summed E-state index contributed by atoms with van der Waals surface area (Å²) in [6.07, 6.45) is 34.7. The Labute approximate surface area is 356 Å². The zero-order valence-corrected chi connectivity index (χ0v) is 36.5. The molecule has 0 heterocycles. The molecule has 0 aromatic heterocycles. The minimum atomic E-state index is 0.422. The van der Waals surface area contributed by atoms with E-state index >= 15 is 0 Å². The van der Waals surface area contributed by atoms with Crippen LogP contribution in [-0.2, 0) is 6.42 Å². The third kappa shape index (κ3) is 11.3. The number of anilines is 2. The van der Waals surface area contributed by atoms with Gasteiger partial charge in [0.25, 0.3) is 0 Å². The van der Waals surface area contributed by atoms with Crippen LogP contribution >= 0.6 is 0 Å². The molecule has 3 aliphatic rings. The van der Waals surface area contributed by atoms with Gasteiger partial charge in [-0.25, -0.2) is 0 Å². The molecule has 1 heteroatoms. The van der Waals surface area contributed by atoms with E-state index in [1.807, 2.05) is 33.8 Å². The van der Waals surface area contributed by atoms with Crippen molar-refractivity contribution in [2.45, 2.75) is 80.1 Å². The van der Waals surface area contributed by atoms with Crippen LogP contribution in [0.15, 0.2) is 206 Å². The first-order chi connectivity index (χ1) is 28.8. The number of benzene rings is 4. The maximum atomic E-state index is 4.40. The fraction of sp³-hybridized carbons (Fsp3) is 0.207. The molecule has 300 valence electrons. The van der Waals surface area contributed by atoms with E-state index in [0.29, 0.717) is 5.92 Å². The van der Waals surface area contributed by atoms with Crippen LogP contribution in [0.5, 0.6) is 0 Å². The maximum absolute atomic E-state index is 4.40. The van der Waals surface area contributed by atoms with Crippen LogP contribution in [0.25, 0.3) is 28.3 Å². The van der Waals surface area contributed by atoms with E-state index in [0.717, 1.165) is 35.5 Å². The summed E-state index contributed by atoms with van der Waals surface area (Å²) in [7, 11) is 0. The Morgan fingerprint density at radius 1 is 0.797 bits per heavy atom. The topological polar surface area (TPSA) is 3.24 Å². The van der Waals surface area contributed by atoms with Crippen LogP contribution < -0.4 is 4.90 Å². The van der Waals surface area contributed by atoms with E-state index < -0.39 is 0 Å². The molecule has 0 bridgehead atoms. The fourth-order valence-corrected chi connectivity index (χ4v) is 7.74. The van der Waals surface area contributed by atoms with Gasteiger partial charge in [0, 0.05) is 23.0 Å². The molecule has 1 atom stereocenters. The van der Waals surface area contributed by atoms with E-state index in [2.05, 4.69) is 209 Å². The second-order valence-corrected chi connectivity index (χ2v) is 14.9. The maximum Gasteiger partial charge on any atom is 0.0461 e. The van der Waals surface area contributed by atoms with E-state index in [1.165, 1.54) is 68.5 Å². The van der Waals surface area contributed by atoms with Crippen molar-refractivity contribution >= 4 is 28.6 Å². The summed E-state index contributed by atoms with van der Waals surface area (Å²) < 4.78 is 0. The SMILES string of the molecule is C=C(/C=C\C(C)=C/C)N(c1ccc(/C(=C/C=C\C)CC)cc1)c1ccc(-c2ccccc2)cc1.C=C1/C=C\C=C/C(C)c2c(ccc3c2CC2=C3CCC=C2)/C=C\1.CC. The zero-order valence-electron chi connectivity index (χ0n) is 36.5. The summed E-state index contributed by atoms with van der Waals surface area (Å²) in [5.74, 6) is 0.422. The smallest absolute Gasteiger partial charge is 0.0461 e. The molecule has 0 aliphatic heterocycles. The normalized spacial score (nSPS) is 17.5. The highest BCUT2D eigenvalue weighted by molar-refractivity contribution is 5.82. The Morgan fingerprint density at radius 3 is 2.17 bits per heavy atom. The number of hydrogen-bond acceptors (Lipinski definition) is 1. The van der Waals surface area contributed by atoms with Crippen LogP contribution in [-0.4, -0.2) is 0 Å². The lowest BCUT2D eigenvalue weighted by Gasteiger charge is -2.26. The molecule has 0 radical (unpaired) electrons. The lowest BCUT2D eigenvalue weighted by atomic mass is 9.86. The second-order valence-electron chi connectivity index (χ2n) is 14.9. The molecule has 1 nitrogen and oxygen atoms in total. The Bertz CT molecular complexity index is 2340. The lowest BCUT2D eigenvalue weighted by Crippen LogP contribution is -2.14. The molecule has 4 aromatic rings. The van der Waals surface area contributed by atoms with Crippen molar-refractivity contribution in [1.29, 1.82) is 0 Å². The highest BCUT2D eigenvalue weighted by Gasteiger charge is 2.26. The lowest BCUT2D eigenvalue weighted by molar-refractivity contribution is 0.936. The Kier molecular flexibility index (Phi) is 16.5. The van der Waals surface area contributed by atoms with E-state index in [4.69, 9.17) is 0 Å². The highest BCUT2D eigenvalue weighted by Crippen LogP contribution is 2.43. The molecule has 0 amide bonds. The first-order valence-corrected chi connectivity index (χ1v) is 21.5. The molecule has 7 rings (SSSR count). The van der Waals surface area contributed by atoms with Crippen molar-refractivity contribution in [3.05, 3.63) is 233 Å². The van der Waals surface area contributed by atoms with Crippen molar-refractivity contribution in [3.63, 3.8) is 0 Å². The van der Waals surface area contributed by atoms with Gasteiger partial charge in [0.15, 0.2) is 0 Å². The molecule has 0 saturated heterocycles. The van der Waals surface area contributed by atoms with Gasteiger partial charge in [-0.15, -0.1) is 0 Å². The molecule has 0 spiro atoms. The van der Waals surface area contributed by atoms with Gasteiger partial charge in [-0.05, 0) is 138 Å². The average Bonchev–Trinajstić information content (AvgIpc) is 3.67. The van der Waals surface area contributed by atoms with Gasteiger partial charge in [0.05, 0.1) is 0 Å². The van der Waals surface area contributed by atoms with Crippen LogP contribution in [0.3, 0.4) is 0 Å². The number of nitrogens with zero attached hydrogens (tertiary/aromatic N) is 1. The van der Waals surface area contributed by atoms with Crippen molar-refractivity contribution in [2.75, 3.05) is 4.90 Å². The van der Waals surface area contributed by atoms with Gasteiger partial charge in [-0.2, -0.15) is 0 Å². The summed E-state index contributed by atoms with van der Waals surface area (Å²) in [6.45, 7) is 23.2. The number of fused-ring (bicyclic) bond motifs is 4. The molecule has 59 heavy (non-hydrogen) atoms. The molecule has 0 saturated carbocycles. The standard InChI is InChI=1S/C33H35N.C23H22.C2H6/c1-6-9-13-28(8-3)30-18-22-32(23-19-30)34(27(5)17-16-26(4)7-2)33-24-20-31(21-25-33)29-14-11-10-12-15-29;1-16-7-3-4-8-17(2)23-18(12-11-16)13-14-21-20-10-6-5-9-19(20)15-22(21)23;1-2/h6-7,9-25H,5,8H2,1-4H3;3-5,7-9,11-14,17H,1,6,10,15H2,2H3;1-2H3/b9-6-,17-16-,26-7-,28-13+;7-3-,8-4-,12-11-;. The predicted octanol–water partition coefficient (Wildman–Crippen LogP) is 17.1.